The van der Waals surface area contributed by atoms with E-state index in [9.17, 15) is 4.79 Å². The van der Waals surface area contributed by atoms with Gasteiger partial charge < -0.3 is 5.11 Å². The fraction of sp³-hybridized carbons (Fsp3) is 0.500. The predicted molar refractivity (Wildman–Crippen MR) is 29.5 cm³/mol. The van der Waals surface area contributed by atoms with Gasteiger partial charge in [0.2, 0.25) is 0 Å². The molecule has 1 N–H and O–H groups in total. The lowest BCUT2D eigenvalue weighted by molar-refractivity contribution is -0.125. The van der Waals surface area contributed by atoms with E-state index in [0.29, 0.717) is 0 Å². The fourth-order valence-electron chi connectivity index (χ4n) is 0.533. The summed E-state index contributed by atoms with van der Waals surface area (Å²) in [6, 6.07) is 0. The number of allylic oxidation sites excluding steroid dienone is 2. The van der Waals surface area contributed by atoms with Crippen LogP contribution in [0.25, 0.3) is 0 Å². The summed E-state index contributed by atoms with van der Waals surface area (Å²) in [5.41, 5.74) is -0.583. The second kappa shape index (κ2) is 1.13. The van der Waals surface area contributed by atoms with E-state index in [4.69, 9.17) is 5.11 Å². The summed E-state index contributed by atoms with van der Waals surface area (Å²) in [7, 11) is 0. The van der Waals surface area contributed by atoms with Crippen LogP contribution < -0.4 is 0 Å². The number of ketones is 1. The van der Waals surface area contributed by atoms with Gasteiger partial charge in [0.05, 0.1) is 5.41 Å². The molecule has 0 aromatic carbocycles. The Bertz CT molecular complexity index is 165. The van der Waals surface area contributed by atoms with E-state index in [1.165, 1.54) is 6.08 Å². The Labute approximate surface area is 47.8 Å². The number of carbonyl (C=O) groups is 1. The second-order valence-corrected chi connectivity index (χ2v) is 2.52. The first-order chi connectivity index (χ1) is 3.55. The molecule has 0 amide bonds. The molecule has 0 radical (unpaired) electrons. The van der Waals surface area contributed by atoms with Gasteiger partial charge in [-0.05, 0) is 13.8 Å². The molecule has 44 valence electrons. The van der Waals surface area contributed by atoms with Gasteiger partial charge in [-0.15, -0.1) is 0 Å². The molecule has 1 rings (SSSR count). The summed E-state index contributed by atoms with van der Waals surface area (Å²) >= 11 is 0. The molecule has 0 saturated heterocycles. The van der Waals surface area contributed by atoms with Crippen LogP contribution in [0.5, 0.6) is 0 Å². The van der Waals surface area contributed by atoms with Crippen molar-refractivity contribution in [2.75, 3.05) is 0 Å². The van der Waals surface area contributed by atoms with Gasteiger partial charge in [0.15, 0.2) is 5.78 Å². The number of hydrogen-bond donors (Lipinski definition) is 1. The number of rotatable bonds is 0. The van der Waals surface area contributed by atoms with E-state index in [1.54, 1.807) is 13.8 Å². The van der Waals surface area contributed by atoms with Crippen LogP contribution >= 0.6 is 0 Å². The van der Waals surface area contributed by atoms with E-state index in [2.05, 4.69) is 0 Å². The van der Waals surface area contributed by atoms with E-state index in [-0.39, 0.29) is 11.5 Å². The average Bonchev–Trinajstić information content (AvgIpc) is 1.68. The van der Waals surface area contributed by atoms with Crippen molar-refractivity contribution < 1.29 is 9.90 Å². The smallest absolute Gasteiger partial charge is 0.172 e. The molecular formula is C6H8O2. The normalized spacial score (nSPS) is 24.2. The highest BCUT2D eigenvalue weighted by molar-refractivity contribution is 6.03. The molecule has 1 aliphatic rings. The lowest BCUT2D eigenvalue weighted by atomic mass is 9.77. The first kappa shape index (κ1) is 5.35. The van der Waals surface area contributed by atoms with E-state index >= 15 is 0 Å². The summed E-state index contributed by atoms with van der Waals surface area (Å²) in [6.45, 7) is 3.40. The van der Waals surface area contributed by atoms with E-state index < -0.39 is 5.41 Å². The first-order valence-corrected chi connectivity index (χ1v) is 2.51. The third kappa shape index (κ3) is 0.399. The Morgan fingerprint density at radius 3 is 2.12 bits per heavy atom. The van der Waals surface area contributed by atoms with Crippen LogP contribution in [-0.2, 0) is 4.79 Å². The molecule has 0 saturated carbocycles. The number of carbonyl (C=O) groups excluding carboxylic acids is 1. The van der Waals surface area contributed by atoms with Crippen molar-refractivity contribution in [2.45, 2.75) is 13.8 Å². The highest BCUT2D eigenvalue weighted by atomic mass is 16.3. The van der Waals surface area contributed by atoms with Crippen LogP contribution in [0.2, 0.25) is 0 Å². The number of aliphatic hydroxyl groups is 1. The first-order valence-electron chi connectivity index (χ1n) is 2.51. The molecule has 0 bridgehead atoms. The van der Waals surface area contributed by atoms with Gasteiger partial charge >= 0.3 is 0 Å². The lowest BCUT2D eigenvalue weighted by Gasteiger charge is -2.27. The van der Waals surface area contributed by atoms with Crippen molar-refractivity contribution in [1.29, 1.82) is 0 Å². The Kier molecular flexibility index (Phi) is 0.756. The highest BCUT2D eigenvalue weighted by Gasteiger charge is 2.39. The standard InChI is InChI=1S/C6H8O2/c1-6(2)4(7)3-5(6)8/h3,7H,1-2H3. The Morgan fingerprint density at radius 2 is 2.12 bits per heavy atom. The number of hydrogen-bond acceptors (Lipinski definition) is 2. The summed E-state index contributed by atoms with van der Waals surface area (Å²) in [4.78, 5) is 10.5. The van der Waals surface area contributed by atoms with Crippen molar-refractivity contribution >= 4 is 5.78 Å². The van der Waals surface area contributed by atoms with Gasteiger partial charge in [-0.3, -0.25) is 4.79 Å². The maximum atomic E-state index is 10.5. The summed E-state index contributed by atoms with van der Waals surface area (Å²) in [6.07, 6.45) is 1.25. The minimum atomic E-state index is -0.583. The lowest BCUT2D eigenvalue weighted by Crippen LogP contribution is -2.33. The monoisotopic (exact) mass is 112 g/mol. The molecule has 2 nitrogen and oxygen atoms in total. The fourth-order valence-corrected chi connectivity index (χ4v) is 0.533. The third-order valence-corrected chi connectivity index (χ3v) is 1.52. The molecule has 0 aromatic heterocycles. The zero-order valence-corrected chi connectivity index (χ0v) is 4.93. The molecule has 2 heteroatoms. The van der Waals surface area contributed by atoms with Crippen molar-refractivity contribution in [1.82, 2.24) is 0 Å². The molecule has 8 heavy (non-hydrogen) atoms. The Morgan fingerprint density at radius 1 is 1.62 bits per heavy atom. The van der Waals surface area contributed by atoms with E-state index in [1.807, 2.05) is 0 Å². The largest absolute Gasteiger partial charge is 0.511 e. The predicted octanol–water partition coefficient (Wildman–Crippen LogP) is 1.04. The quantitative estimate of drug-likeness (QED) is 0.508. The summed E-state index contributed by atoms with van der Waals surface area (Å²) in [5.74, 6) is 0.206. The van der Waals surface area contributed by atoms with Gasteiger partial charge in [0, 0.05) is 6.08 Å². The maximum Gasteiger partial charge on any atom is 0.172 e. The van der Waals surface area contributed by atoms with Crippen molar-refractivity contribution in [3.8, 4) is 0 Å². The summed E-state index contributed by atoms with van der Waals surface area (Å²) < 4.78 is 0. The molecule has 1 aliphatic carbocycles. The minimum Gasteiger partial charge on any atom is -0.511 e. The van der Waals surface area contributed by atoms with Gasteiger partial charge in [0.1, 0.15) is 5.76 Å². The van der Waals surface area contributed by atoms with Crippen molar-refractivity contribution in [3.63, 3.8) is 0 Å². The molecule has 0 heterocycles. The highest BCUT2D eigenvalue weighted by Crippen LogP contribution is 2.33. The number of aliphatic hydroxyl groups excluding tert-OH is 1. The van der Waals surface area contributed by atoms with Crippen LogP contribution in [0.1, 0.15) is 13.8 Å². The van der Waals surface area contributed by atoms with Crippen molar-refractivity contribution in [3.05, 3.63) is 11.8 Å². The van der Waals surface area contributed by atoms with Crippen LogP contribution in [-0.4, -0.2) is 10.9 Å². The van der Waals surface area contributed by atoms with Gasteiger partial charge in [-0.25, -0.2) is 0 Å². The molecule has 0 fully saturated rings. The van der Waals surface area contributed by atoms with Gasteiger partial charge in [0.25, 0.3) is 0 Å². The molecular weight excluding hydrogens is 104 g/mol. The molecule has 0 unspecified atom stereocenters. The molecule has 0 aromatic rings. The maximum absolute atomic E-state index is 10.5. The zero-order chi connectivity index (χ0) is 6.36. The minimum absolute atomic E-state index is 0.00926. The van der Waals surface area contributed by atoms with Gasteiger partial charge in [-0.1, -0.05) is 0 Å². The molecule has 0 spiro atoms. The topological polar surface area (TPSA) is 37.3 Å². The zero-order valence-electron chi connectivity index (χ0n) is 4.93. The molecule has 0 atom stereocenters. The van der Waals surface area contributed by atoms with Crippen LogP contribution in [0, 0.1) is 5.41 Å². The van der Waals surface area contributed by atoms with Crippen molar-refractivity contribution in [2.24, 2.45) is 5.41 Å². The van der Waals surface area contributed by atoms with E-state index in [0.717, 1.165) is 0 Å². The molecule has 0 aliphatic heterocycles. The van der Waals surface area contributed by atoms with Crippen LogP contribution in [0.3, 0.4) is 0 Å². The average molecular weight is 112 g/mol. The second-order valence-electron chi connectivity index (χ2n) is 2.52. The van der Waals surface area contributed by atoms with Crippen LogP contribution in [0.15, 0.2) is 11.8 Å². The Balaban J connectivity index is 2.93. The van der Waals surface area contributed by atoms with Gasteiger partial charge in [-0.2, -0.15) is 0 Å². The third-order valence-electron chi connectivity index (χ3n) is 1.52. The SMILES string of the molecule is CC1(C)C(=O)C=C1O. The Hall–Kier alpha value is -0.790. The summed E-state index contributed by atoms with van der Waals surface area (Å²) in [5, 5.41) is 8.79. The van der Waals surface area contributed by atoms with Crippen LogP contribution in [0.4, 0.5) is 0 Å².